The number of cyclic esters (lactones) is 1. The normalized spacial score (nSPS) is 56.0. The van der Waals surface area contributed by atoms with E-state index in [1.807, 2.05) is 19.9 Å². The van der Waals surface area contributed by atoms with Crippen molar-refractivity contribution in [1.29, 1.82) is 0 Å². The molecule has 0 aromatic carbocycles. The van der Waals surface area contributed by atoms with E-state index < -0.39 is 27.9 Å². The Morgan fingerprint density at radius 1 is 1.35 bits per heavy atom. The second-order valence-corrected chi connectivity index (χ2v) is 7.05. The second-order valence-electron chi connectivity index (χ2n) is 7.05. The minimum Gasteiger partial charge on any atom is -0.464 e. The van der Waals surface area contributed by atoms with Gasteiger partial charge in [-0.2, -0.15) is 0 Å². The molecule has 2 saturated heterocycles. The van der Waals surface area contributed by atoms with Gasteiger partial charge in [0.05, 0.1) is 23.4 Å². The van der Waals surface area contributed by atoms with Gasteiger partial charge in [0, 0.05) is 6.42 Å². The van der Waals surface area contributed by atoms with Gasteiger partial charge in [0.15, 0.2) is 0 Å². The van der Waals surface area contributed by atoms with Gasteiger partial charge in [0.1, 0.15) is 17.6 Å². The zero-order valence-electron chi connectivity index (χ0n) is 11.9. The summed E-state index contributed by atoms with van der Waals surface area (Å²) in [6.07, 6.45) is 1.77. The van der Waals surface area contributed by atoms with Crippen LogP contribution in [0.2, 0.25) is 0 Å². The molecule has 5 nitrogen and oxygen atoms in total. The molecule has 108 valence electrons. The topological polar surface area (TPSA) is 72.8 Å². The van der Waals surface area contributed by atoms with Crippen molar-refractivity contribution >= 4 is 11.9 Å². The summed E-state index contributed by atoms with van der Waals surface area (Å²) in [5.41, 5.74) is -2.38. The maximum absolute atomic E-state index is 12.3. The lowest BCUT2D eigenvalue weighted by atomic mass is 9.62. The zero-order chi connectivity index (χ0) is 14.6. The van der Waals surface area contributed by atoms with Crippen LogP contribution in [0.25, 0.3) is 0 Å². The van der Waals surface area contributed by atoms with E-state index in [2.05, 4.69) is 0 Å². The first-order valence-corrected chi connectivity index (χ1v) is 7.01. The molecule has 0 aromatic rings. The number of carbonyl (C=O) groups excluding carboxylic acids is 2. The maximum Gasteiger partial charge on any atom is 0.315 e. The predicted octanol–water partition coefficient (Wildman–Crippen LogP) is 0.952. The molecule has 0 radical (unpaired) electrons. The van der Waals surface area contributed by atoms with Crippen molar-refractivity contribution in [3.05, 3.63) is 11.6 Å². The van der Waals surface area contributed by atoms with Crippen LogP contribution in [0.4, 0.5) is 0 Å². The number of rotatable bonds is 0. The summed E-state index contributed by atoms with van der Waals surface area (Å²) in [5.74, 6) is -0.675. The van der Waals surface area contributed by atoms with E-state index in [9.17, 15) is 14.7 Å². The van der Waals surface area contributed by atoms with Crippen LogP contribution in [-0.4, -0.2) is 35.4 Å². The number of aliphatic hydroxyl groups is 1. The molecule has 0 spiro atoms. The first-order valence-electron chi connectivity index (χ1n) is 7.01. The number of fused-ring (bicyclic) bond motifs is 1. The Labute approximate surface area is 116 Å². The summed E-state index contributed by atoms with van der Waals surface area (Å²) >= 11 is 0. The Morgan fingerprint density at radius 2 is 2.05 bits per heavy atom. The smallest absolute Gasteiger partial charge is 0.315 e. The van der Waals surface area contributed by atoms with Crippen LogP contribution in [0.5, 0.6) is 0 Å². The molecule has 20 heavy (non-hydrogen) atoms. The van der Waals surface area contributed by atoms with Gasteiger partial charge in [-0.15, -0.1) is 0 Å². The lowest BCUT2D eigenvalue weighted by Crippen LogP contribution is -2.52. The van der Waals surface area contributed by atoms with Crippen molar-refractivity contribution in [3.63, 3.8) is 0 Å². The first-order chi connectivity index (χ1) is 9.26. The average molecular weight is 278 g/mol. The van der Waals surface area contributed by atoms with Crippen molar-refractivity contribution in [1.82, 2.24) is 0 Å². The van der Waals surface area contributed by atoms with Gasteiger partial charge in [-0.3, -0.25) is 9.59 Å². The Balaban J connectivity index is 2.05. The molecule has 2 aliphatic carbocycles. The summed E-state index contributed by atoms with van der Waals surface area (Å²) in [4.78, 5) is 24.3. The SMILES string of the molecule is CC1=CC[C@@]23OC(=O)C[C@@]12[C@H](O)[C@@]1(C)C(=O)OC[C@@]31C. The molecule has 2 heterocycles. The number of ether oxygens (including phenoxy) is 2. The second kappa shape index (κ2) is 2.96. The molecule has 5 atom stereocenters. The third-order valence-electron chi connectivity index (χ3n) is 6.80. The molecule has 5 heteroatoms. The fourth-order valence-corrected chi connectivity index (χ4v) is 5.39. The van der Waals surface area contributed by atoms with Crippen LogP contribution in [0.3, 0.4) is 0 Å². The van der Waals surface area contributed by atoms with Crippen molar-refractivity contribution in [2.45, 2.75) is 45.3 Å². The monoisotopic (exact) mass is 278 g/mol. The molecule has 0 aromatic heterocycles. The quantitative estimate of drug-likeness (QED) is 0.527. The number of hydrogen-bond acceptors (Lipinski definition) is 5. The Morgan fingerprint density at radius 3 is 2.75 bits per heavy atom. The molecule has 1 N–H and O–H groups in total. The van der Waals surface area contributed by atoms with E-state index in [0.717, 1.165) is 5.57 Å². The molecular formula is C15H18O5. The summed E-state index contributed by atoms with van der Waals surface area (Å²) < 4.78 is 11.0. The summed E-state index contributed by atoms with van der Waals surface area (Å²) in [6, 6.07) is 0. The Hall–Kier alpha value is -1.36. The maximum atomic E-state index is 12.3. The predicted molar refractivity (Wildman–Crippen MR) is 67.4 cm³/mol. The largest absolute Gasteiger partial charge is 0.464 e. The highest BCUT2D eigenvalue weighted by atomic mass is 16.6. The lowest BCUT2D eigenvalue weighted by Gasteiger charge is -2.43. The molecule has 0 bridgehead atoms. The van der Waals surface area contributed by atoms with Crippen LogP contribution in [0, 0.1) is 16.2 Å². The highest BCUT2D eigenvalue weighted by Gasteiger charge is 2.88. The van der Waals surface area contributed by atoms with Gasteiger partial charge >= 0.3 is 11.9 Å². The Bertz CT molecular complexity index is 595. The summed E-state index contributed by atoms with van der Waals surface area (Å²) in [5, 5.41) is 11.0. The molecule has 4 rings (SSSR count). The fourth-order valence-electron chi connectivity index (χ4n) is 5.39. The summed E-state index contributed by atoms with van der Waals surface area (Å²) in [7, 11) is 0. The third kappa shape index (κ3) is 0.793. The fraction of sp³-hybridized carbons (Fsp3) is 0.733. The van der Waals surface area contributed by atoms with Gasteiger partial charge < -0.3 is 14.6 Å². The number of aliphatic hydroxyl groups excluding tert-OH is 1. The lowest BCUT2D eigenvalue weighted by molar-refractivity contribution is -0.165. The summed E-state index contributed by atoms with van der Waals surface area (Å²) in [6.45, 7) is 5.77. The number of esters is 2. The minimum absolute atomic E-state index is 0.148. The average Bonchev–Trinajstić information content (AvgIpc) is 2.97. The van der Waals surface area contributed by atoms with Crippen molar-refractivity contribution in [2.24, 2.45) is 16.2 Å². The highest BCUT2D eigenvalue weighted by Crippen LogP contribution is 2.78. The van der Waals surface area contributed by atoms with Gasteiger partial charge in [-0.05, 0) is 13.8 Å². The van der Waals surface area contributed by atoms with Crippen molar-refractivity contribution in [2.75, 3.05) is 6.61 Å². The molecule has 0 unspecified atom stereocenters. The Kier molecular flexibility index (Phi) is 1.83. The molecule has 1 saturated carbocycles. The van der Waals surface area contributed by atoms with Crippen LogP contribution in [0.15, 0.2) is 11.6 Å². The number of carbonyl (C=O) groups is 2. The van der Waals surface area contributed by atoms with E-state index >= 15 is 0 Å². The molecule has 4 aliphatic rings. The number of hydrogen-bond donors (Lipinski definition) is 1. The van der Waals surface area contributed by atoms with Crippen LogP contribution in [0.1, 0.15) is 33.6 Å². The van der Waals surface area contributed by atoms with E-state index in [4.69, 9.17) is 9.47 Å². The molecule has 0 amide bonds. The standard InChI is InChI=1S/C15H18O5/c1-8-4-5-15-12(2)7-19-11(18)13(12,3)10(17)14(8,15)6-9(16)20-15/h4,10,17H,5-7H2,1-3H3/t10-,12-,13+,14+,15+/m1/s1. The van der Waals surface area contributed by atoms with Crippen molar-refractivity contribution < 1.29 is 24.2 Å². The highest BCUT2D eigenvalue weighted by molar-refractivity contribution is 5.86. The van der Waals surface area contributed by atoms with Crippen LogP contribution in [-0.2, 0) is 19.1 Å². The molecule has 3 fully saturated rings. The van der Waals surface area contributed by atoms with Crippen LogP contribution >= 0.6 is 0 Å². The third-order valence-corrected chi connectivity index (χ3v) is 6.80. The van der Waals surface area contributed by atoms with E-state index in [0.29, 0.717) is 6.42 Å². The van der Waals surface area contributed by atoms with Gasteiger partial charge in [0.25, 0.3) is 0 Å². The van der Waals surface area contributed by atoms with E-state index in [1.165, 1.54) is 0 Å². The first kappa shape index (κ1) is 12.4. The van der Waals surface area contributed by atoms with Crippen molar-refractivity contribution in [3.8, 4) is 0 Å². The van der Waals surface area contributed by atoms with Gasteiger partial charge in [-0.25, -0.2) is 0 Å². The molecular weight excluding hydrogens is 260 g/mol. The van der Waals surface area contributed by atoms with Gasteiger partial charge in [0.2, 0.25) is 0 Å². The zero-order valence-corrected chi connectivity index (χ0v) is 11.9. The van der Waals surface area contributed by atoms with E-state index in [-0.39, 0.29) is 25.0 Å². The molecule has 2 aliphatic heterocycles. The van der Waals surface area contributed by atoms with Gasteiger partial charge in [-0.1, -0.05) is 18.6 Å². The minimum atomic E-state index is -1.02. The van der Waals surface area contributed by atoms with Crippen LogP contribution < -0.4 is 0 Å². The van der Waals surface area contributed by atoms with E-state index in [1.54, 1.807) is 6.92 Å².